The van der Waals surface area contributed by atoms with Crippen LogP contribution in [0, 0.1) is 5.41 Å². The van der Waals surface area contributed by atoms with Gasteiger partial charge in [-0.2, -0.15) is 0 Å². The first-order valence-corrected chi connectivity index (χ1v) is 7.73. The van der Waals surface area contributed by atoms with Gasteiger partial charge in [0.25, 0.3) is 0 Å². The predicted octanol–water partition coefficient (Wildman–Crippen LogP) is 0.707. The monoisotopic (exact) mass is 266 g/mol. The maximum absolute atomic E-state index is 11.6. The van der Waals surface area contributed by atoms with Gasteiger partial charge in [0, 0.05) is 13.2 Å². The predicted molar refractivity (Wildman–Crippen MR) is 70.4 cm³/mol. The topological polar surface area (TPSA) is 81.4 Å². The molecule has 0 amide bonds. The smallest absolute Gasteiger partial charge is 0.213 e. The van der Waals surface area contributed by atoms with Gasteiger partial charge < -0.3 is 10.5 Å². The van der Waals surface area contributed by atoms with E-state index in [-0.39, 0.29) is 17.8 Å². The molecule has 17 heavy (non-hydrogen) atoms. The lowest BCUT2D eigenvalue weighted by Gasteiger charge is -2.24. The number of rotatable bonds is 10. The second kappa shape index (κ2) is 8.02. The Morgan fingerprint density at radius 1 is 1.35 bits per heavy atom. The van der Waals surface area contributed by atoms with E-state index >= 15 is 0 Å². The van der Waals surface area contributed by atoms with Crippen LogP contribution in [0.4, 0.5) is 0 Å². The fraction of sp³-hybridized carbons (Fsp3) is 1.00. The fourth-order valence-corrected chi connectivity index (χ4v) is 2.45. The summed E-state index contributed by atoms with van der Waals surface area (Å²) in [5.74, 6) is 0.0216. The maximum atomic E-state index is 11.6. The van der Waals surface area contributed by atoms with E-state index in [1.807, 2.05) is 20.8 Å². The summed E-state index contributed by atoms with van der Waals surface area (Å²) in [4.78, 5) is 0. The zero-order valence-electron chi connectivity index (χ0n) is 11.2. The molecular weight excluding hydrogens is 240 g/mol. The molecule has 0 radical (unpaired) electrons. The molecule has 0 rings (SSSR count). The van der Waals surface area contributed by atoms with E-state index in [1.54, 1.807) is 0 Å². The molecule has 104 valence electrons. The number of sulfonamides is 1. The zero-order valence-corrected chi connectivity index (χ0v) is 12.0. The van der Waals surface area contributed by atoms with Crippen LogP contribution >= 0.6 is 0 Å². The average Bonchev–Trinajstić information content (AvgIpc) is 2.25. The Morgan fingerprint density at radius 2 is 2.00 bits per heavy atom. The number of nitrogens with two attached hydrogens (primary N) is 1. The molecule has 0 saturated carbocycles. The van der Waals surface area contributed by atoms with Crippen molar-refractivity contribution in [2.45, 2.75) is 33.6 Å². The van der Waals surface area contributed by atoms with Crippen LogP contribution in [0.15, 0.2) is 0 Å². The van der Waals surface area contributed by atoms with Crippen molar-refractivity contribution in [3.63, 3.8) is 0 Å². The lowest BCUT2D eigenvalue weighted by Crippen LogP contribution is -2.36. The SMILES string of the molecule is CCOCCS(=O)(=O)NCC(C)(C)CCCN. The largest absolute Gasteiger partial charge is 0.381 e. The van der Waals surface area contributed by atoms with Crippen molar-refractivity contribution in [1.29, 1.82) is 0 Å². The molecule has 3 N–H and O–H groups in total. The molecule has 0 spiro atoms. The molecule has 0 aliphatic rings. The Morgan fingerprint density at radius 3 is 2.53 bits per heavy atom. The minimum Gasteiger partial charge on any atom is -0.381 e. The minimum absolute atomic E-state index is 0.0216. The lowest BCUT2D eigenvalue weighted by atomic mass is 9.88. The van der Waals surface area contributed by atoms with Crippen LogP contribution in [0.1, 0.15) is 33.6 Å². The van der Waals surface area contributed by atoms with Gasteiger partial charge in [-0.15, -0.1) is 0 Å². The van der Waals surface area contributed by atoms with E-state index < -0.39 is 10.0 Å². The molecule has 0 aliphatic carbocycles. The third-order valence-corrected chi connectivity index (χ3v) is 3.82. The summed E-state index contributed by atoms with van der Waals surface area (Å²) in [5, 5.41) is 0. The van der Waals surface area contributed by atoms with Gasteiger partial charge in [-0.3, -0.25) is 0 Å². The summed E-state index contributed by atoms with van der Waals surface area (Å²) >= 11 is 0. The van der Waals surface area contributed by atoms with Gasteiger partial charge >= 0.3 is 0 Å². The van der Waals surface area contributed by atoms with E-state index in [2.05, 4.69) is 4.72 Å². The highest BCUT2D eigenvalue weighted by molar-refractivity contribution is 7.89. The average molecular weight is 266 g/mol. The van der Waals surface area contributed by atoms with Crippen molar-refractivity contribution in [2.75, 3.05) is 32.1 Å². The molecule has 0 aliphatic heterocycles. The first-order chi connectivity index (χ1) is 7.83. The van der Waals surface area contributed by atoms with Crippen LogP contribution in [-0.4, -0.2) is 40.5 Å². The molecule has 0 atom stereocenters. The van der Waals surface area contributed by atoms with Crippen molar-refractivity contribution >= 4 is 10.0 Å². The van der Waals surface area contributed by atoms with Crippen molar-refractivity contribution in [1.82, 2.24) is 4.72 Å². The van der Waals surface area contributed by atoms with E-state index in [1.165, 1.54) is 0 Å². The number of hydrogen-bond acceptors (Lipinski definition) is 4. The second-order valence-electron chi connectivity index (χ2n) is 4.89. The molecule has 0 bridgehead atoms. The summed E-state index contributed by atoms with van der Waals surface area (Å²) in [6.45, 7) is 7.78. The zero-order chi connectivity index (χ0) is 13.4. The van der Waals surface area contributed by atoms with Crippen LogP contribution in [0.5, 0.6) is 0 Å². The molecule has 0 aromatic carbocycles. The quantitative estimate of drug-likeness (QED) is 0.571. The van der Waals surface area contributed by atoms with Crippen LogP contribution in [0.25, 0.3) is 0 Å². The van der Waals surface area contributed by atoms with Crippen molar-refractivity contribution in [3.8, 4) is 0 Å². The molecular formula is C11H26N2O3S. The third kappa shape index (κ3) is 9.52. The van der Waals surface area contributed by atoms with Crippen LogP contribution < -0.4 is 10.5 Å². The molecule has 0 aromatic heterocycles. The third-order valence-electron chi connectivity index (χ3n) is 2.53. The first-order valence-electron chi connectivity index (χ1n) is 6.08. The van der Waals surface area contributed by atoms with E-state index in [0.717, 1.165) is 12.8 Å². The van der Waals surface area contributed by atoms with Crippen LogP contribution in [-0.2, 0) is 14.8 Å². The highest BCUT2D eigenvalue weighted by Gasteiger charge is 2.20. The highest BCUT2D eigenvalue weighted by Crippen LogP contribution is 2.20. The Bertz CT molecular complexity index is 289. The first kappa shape index (κ1) is 16.8. The molecule has 0 fully saturated rings. The summed E-state index contributed by atoms with van der Waals surface area (Å²) in [6, 6.07) is 0. The molecule has 0 aromatic rings. The van der Waals surface area contributed by atoms with Gasteiger partial charge in [-0.1, -0.05) is 13.8 Å². The van der Waals surface area contributed by atoms with Crippen LogP contribution in [0.2, 0.25) is 0 Å². The summed E-state index contributed by atoms with van der Waals surface area (Å²) in [6.07, 6.45) is 1.82. The van der Waals surface area contributed by atoms with Crippen molar-refractivity contribution in [3.05, 3.63) is 0 Å². The minimum atomic E-state index is -3.22. The van der Waals surface area contributed by atoms with Gasteiger partial charge in [-0.05, 0) is 31.7 Å². The molecule has 0 unspecified atom stereocenters. The van der Waals surface area contributed by atoms with Gasteiger partial charge in [0.05, 0.1) is 12.4 Å². The standard InChI is InChI=1S/C11H26N2O3S/c1-4-16-8-9-17(14,15)13-10-11(2,3)6-5-7-12/h13H,4-10,12H2,1-3H3. The molecule has 0 heterocycles. The molecule has 5 nitrogen and oxygen atoms in total. The maximum Gasteiger partial charge on any atom is 0.213 e. The van der Waals surface area contributed by atoms with E-state index in [9.17, 15) is 8.42 Å². The fourth-order valence-electron chi connectivity index (χ4n) is 1.36. The lowest BCUT2D eigenvalue weighted by molar-refractivity contribution is 0.163. The molecule has 6 heteroatoms. The number of nitrogens with one attached hydrogen (secondary N) is 1. The summed E-state index contributed by atoms with van der Waals surface area (Å²) < 4.78 is 30.9. The summed E-state index contributed by atoms with van der Waals surface area (Å²) in [5.41, 5.74) is 5.39. The number of ether oxygens (including phenoxy) is 1. The van der Waals surface area contributed by atoms with Gasteiger partial charge in [0.2, 0.25) is 10.0 Å². The van der Waals surface area contributed by atoms with Gasteiger partial charge in [0.1, 0.15) is 0 Å². The Balaban J connectivity index is 3.99. The normalized spacial score (nSPS) is 12.9. The highest BCUT2D eigenvalue weighted by atomic mass is 32.2. The number of hydrogen-bond donors (Lipinski definition) is 2. The Hall–Kier alpha value is -0.170. The Kier molecular flexibility index (Phi) is 7.94. The van der Waals surface area contributed by atoms with Gasteiger partial charge in [-0.25, -0.2) is 13.1 Å². The molecule has 0 saturated heterocycles. The van der Waals surface area contributed by atoms with Gasteiger partial charge in [0.15, 0.2) is 0 Å². The van der Waals surface area contributed by atoms with Crippen LogP contribution in [0.3, 0.4) is 0 Å². The van der Waals surface area contributed by atoms with E-state index in [0.29, 0.717) is 19.7 Å². The Labute approximate surface area is 105 Å². The second-order valence-corrected chi connectivity index (χ2v) is 6.82. The van der Waals surface area contributed by atoms with E-state index in [4.69, 9.17) is 10.5 Å². The van der Waals surface area contributed by atoms with Crippen molar-refractivity contribution in [2.24, 2.45) is 11.1 Å². The van der Waals surface area contributed by atoms with Crippen molar-refractivity contribution < 1.29 is 13.2 Å². The summed E-state index contributed by atoms with van der Waals surface area (Å²) in [7, 11) is -3.22.